The van der Waals surface area contributed by atoms with Crippen molar-refractivity contribution in [1.29, 1.82) is 5.26 Å². The number of nitriles is 1. The molecule has 1 aromatic carbocycles. The van der Waals surface area contributed by atoms with Crippen molar-refractivity contribution in [2.45, 2.75) is 32.2 Å². The van der Waals surface area contributed by atoms with Crippen LogP contribution >= 0.6 is 0 Å². The lowest BCUT2D eigenvalue weighted by Crippen LogP contribution is -2.26. The van der Waals surface area contributed by atoms with Gasteiger partial charge in [-0.25, -0.2) is 4.98 Å². The molecule has 30 heavy (non-hydrogen) atoms. The highest BCUT2D eigenvalue weighted by Crippen LogP contribution is 2.39. The monoisotopic (exact) mass is 402 g/mol. The first kappa shape index (κ1) is 18.8. The van der Waals surface area contributed by atoms with Crippen molar-refractivity contribution in [3.05, 3.63) is 36.0 Å². The molecule has 1 aliphatic carbocycles. The Morgan fingerprint density at radius 3 is 2.73 bits per heavy atom. The number of hydrogen-bond acceptors (Lipinski definition) is 7. The Morgan fingerprint density at radius 2 is 2.00 bits per heavy atom. The number of aryl methyl sites for hydroxylation is 1. The van der Waals surface area contributed by atoms with E-state index in [0.717, 1.165) is 60.7 Å². The molecule has 3 aromatic rings. The van der Waals surface area contributed by atoms with Crippen LogP contribution in [0.1, 0.15) is 25.0 Å². The van der Waals surface area contributed by atoms with E-state index in [0.29, 0.717) is 30.2 Å². The predicted molar refractivity (Wildman–Crippen MR) is 116 cm³/mol. The van der Waals surface area contributed by atoms with Gasteiger partial charge in [0.05, 0.1) is 11.6 Å². The smallest absolute Gasteiger partial charge is 0.225 e. The maximum absolute atomic E-state index is 8.82. The summed E-state index contributed by atoms with van der Waals surface area (Å²) in [5.74, 6) is 3.57. The molecule has 3 atom stereocenters. The van der Waals surface area contributed by atoms with E-state index in [1.54, 1.807) is 0 Å². The molecular formula is C22H26N8. The molecule has 5 rings (SSSR count). The van der Waals surface area contributed by atoms with E-state index < -0.39 is 0 Å². The first-order valence-corrected chi connectivity index (χ1v) is 10.6. The van der Waals surface area contributed by atoms with Crippen molar-refractivity contribution in [3.63, 3.8) is 0 Å². The fraction of sp³-hybridized carbons (Fsp3) is 0.455. The molecule has 0 radical (unpaired) electrons. The third-order valence-electron chi connectivity index (χ3n) is 6.26. The summed E-state index contributed by atoms with van der Waals surface area (Å²) in [5, 5.41) is 23.9. The Labute approximate surface area is 175 Å². The average molecular weight is 403 g/mol. The molecule has 8 nitrogen and oxygen atoms in total. The number of nitrogens with one attached hydrogen (secondary N) is 3. The SMILES string of the molecule is Cc1cc(Nc2nc(N[C@@H]3C[C@@H]4CN(CCC#N)C[C@@H]4C3)nc3ccccc23)n[nH]1. The van der Waals surface area contributed by atoms with Gasteiger partial charge in [-0.2, -0.15) is 15.3 Å². The Balaban J connectivity index is 1.31. The van der Waals surface area contributed by atoms with Crippen LogP contribution in [0.5, 0.6) is 0 Å². The topological polar surface area (TPSA) is 106 Å². The molecule has 1 aliphatic heterocycles. The first-order valence-electron chi connectivity index (χ1n) is 10.6. The van der Waals surface area contributed by atoms with Gasteiger partial charge in [-0.05, 0) is 43.7 Å². The van der Waals surface area contributed by atoms with Crippen molar-refractivity contribution in [2.24, 2.45) is 11.8 Å². The van der Waals surface area contributed by atoms with E-state index in [-0.39, 0.29) is 0 Å². The fourth-order valence-corrected chi connectivity index (χ4v) is 4.93. The lowest BCUT2D eigenvalue weighted by atomic mass is 10.0. The molecule has 0 amide bonds. The number of anilines is 3. The number of aromatic nitrogens is 4. The zero-order valence-electron chi connectivity index (χ0n) is 17.1. The van der Waals surface area contributed by atoms with E-state index in [2.05, 4.69) is 31.8 Å². The number of nitrogens with zero attached hydrogens (tertiary/aromatic N) is 5. The number of fused-ring (bicyclic) bond motifs is 2. The van der Waals surface area contributed by atoms with Crippen LogP contribution in [-0.2, 0) is 0 Å². The minimum Gasteiger partial charge on any atom is -0.351 e. The Morgan fingerprint density at radius 1 is 1.20 bits per heavy atom. The highest BCUT2D eigenvalue weighted by molar-refractivity contribution is 5.91. The highest BCUT2D eigenvalue weighted by atomic mass is 15.2. The lowest BCUT2D eigenvalue weighted by molar-refractivity contribution is 0.315. The average Bonchev–Trinajstić information content (AvgIpc) is 3.41. The Hall–Kier alpha value is -3.18. The maximum Gasteiger partial charge on any atom is 0.225 e. The van der Waals surface area contributed by atoms with Crippen LogP contribution in [0.3, 0.4) is 0 Å². The van der Waals surface area contributed by atoms with E-state index in [9.17, 15) is 0 Å². The van der Waals surface area contributed by atoms with Gasteiger partial charge in [0.2, 0.25) is 5.95 Å². The molecule has 1 saturated heterocycles. The molecule has 0 bridgehead atoms. The van der Waals surface area contributed by atoms with Crippen LogP contribution in [0.2, 0.25) is 0 Å². The zero-order valence-corrected chi connectivity index (χ0v) is 17.1. The number of likely N-dealkylation sites (tertiary alicyclic amines) is 1. The quantitative estimate of drug-likeness (QED) is 0.580. The number of H-pyrrole nitrogens is 1. The highest BCUT2D eigenvalue weighted by Gasteiger charge is 2.40. The van der Waals surface area contributed by atoms with Gasteiger partial charge in [-0.1, -0.05) is 12.1 Å². The molecule has 2 aromatic heterocycles. The van der Waals surface area contributed by atoms with Crippen LogP contribution in [0.4, 0.5) is 17.6 Å². The third-order valence-corrected chi connectivity index (χ3v) is 6.26. The molecule has 2 fully saturated rings. The minimum atomic E-state index is 0.389. The number of para-hydroxylation sites is 1. The van der Waals surface area contributed by atoms with Crippen molar-refractivity contribution in [1.82, 2.24) is 25.1 Å². The summed E-state index contributed by atoms with van der Waals surface area (Å²) < 4.78 is 0. The third kappa shape index (κ3) is 3.81. The van der Waals surface area contributed by atoms with Gasteiger partial charge < -0.3 is 15.5 Å². The predicted octanol–water partition coefficient (Wildman–Crippen LogP) is 3.44. The zero-order chi connectivity index (χ0) is 20.5. The standard InChI is InChI=1S/C22H26N8/c1-14-9-20(29-28-14)26-21-18-5-2-3-6-19(18)25-22(27-21)24-17-10-15-12-30(8-4-7-23)13-16(15)11-17/h2-3,5-6,9,15-17H,4,8,10-13H2,1H3,(H3,24,25,26,27,28,29)/t15-,16+,17-. The molecule has 1 saturated carbocycles. The summed E-state index contributed by atoms with van der Waals surface area (Å²) in [5.41, 5.74) is 1.90. The maximum atomic E-state index is 8.82. The van der Waals surface area contributed by atoms with Gasteiger partial charge in [-0.3, -0.25) is 5.10 Å². The molecule has 3 N–H and O–H groups in total. The second-order valence-electron chi connectivity index (χ2n) is 8.47. The second kappa shape index (κ2) is 7.92. The molecule has 2 aliphatic rings. The first-order chi connectivity index (χ1) is 14.7. The number of hydrogen-bond donors (Lipinski definition) is 3. The summed E-state index contributed by atoms with van der Waals surface area (Å²) >= 11 is 0. The second-order valence-corrected chi connectivity index (χ2v) is 8.47. The van der Waals surface area contributed by atoms with Gasteiger partial charge in [0.15, 0.2) is 5.82 Å². The van der Waals surface area contributed by atoms with E-state index in [1.165, 1.54) is 0 Å². The minimum absolute atomic E-state index is 0.389. The summed E-state index contributed by atoms with van der Waals surface area (Å²) in [6.07, 6.45) is 2.88. The molecule has 8 heteroatoms. The van der Waals surface area contributed by atoms with Crippen LogP contribution in [0.25, 0.3) is 10.9 Å². The Kier molecular flexibility index (Phi) is 4.97. The molecule has 154 valence electrons. The molecular weight excluding hydrogens is 376 g/mol. The van der Waals surface area contributed by atoms with E-state index >= 15 is 0 Å². The largest absolute Gasteiger partial charge is 0.351 e. The summed E-state index contributed by atoms with van der Waals surface area (Å²) in [7, 11) is 0. The van der Waals surface area contributed by atoms with Crippen molar-refractivity contribution >= 4 is 28.5 Å². The normalized spacial score (nSPS) is 23.4. The van der Waals surface area contributed by atoms with E-state index in [4.69, 9.17) is 15.2 Å². The van der Waals surface area contributed by atoms with Crippen LogP contribution < -0.4 is 10.6 Å². The molecule has 0 unspecified atom stereocenters. The van der Waals surface area contributed by atoms with Crippen molar-refractivity contribution < 1.29 is 0 Å². The number of aromatic amines is 1. The molecule has 3 heterocycles. The molecule has 0 spiro atoms. The number of benzene rings is 1. The van der Waals surface area contributed by atoms with Crippen molar-refractivity contribution in [2.75, 3.05) is 30.3 Å². The number of rotatable bonds is 6. The van der Waals surface area contributed by atoms with E-state index in [1.807, 2.05) is 37.3 Å². The lowest BCUT2D eigenvalue weighted by Gasteiger charge is -2.19. The summed E-state index contributed by atoms with van der Waals surface area (Å²) in [4.78, 5) is 12.0. The van der Waals surface area contributed by atoms with Gasteiger partial charge in [0.25, 0.3) is 0 Å². The summed E-state index contributed by atoms with van der Waals surface area (Å²) in [6, 6.07) is 12.6. The van der Waals surface area contributed by atoms with Gasteiger partial charge in [0.1, 0.15) is 5.82 Å². The van der Waals surface area contributed by atoms with Crippen LogP contribution in [0.15, 0.2) is 30.3 Å². The fourth-order valence-electron chi connectivity index (χ4n) is 4.93. The van der Waals surface area contributed by atoms with Gasteiger partial charge in [0, 0.05) is 49.2 Å². The van der Waals surface area contributed by atoms with Gasteiger partial charge >= 0.3 is 0 Å². The van der Waals surface area contributed by atoms with Crippen LogP contribution in [-0.4, -0.2) is 50.7 Å². The van der Waals surface area contributed by atoms with Crippen molar-refractivity contribution in [3.8, 4) is 6.07 Å². The van der Waals surface area contributed by atoms with Gasteiger partial charge in [-0.15, -0.1) is 0 Å². The Bertz CT molecular complexity index is 1070. The van der Waals surface area contributed by atoms with Crippen LogP contribution in [0, 0.1) is 30.1 Å². The summed E-state index contributed by atoms with van der Waals surface area (Å²) in [6.45, 7) is 5.08.